The predicted molar refractivity (Wildman–Crippen MR) is 363 cm³/mol. The number of nitrogens with two attached hydrogens (primary N) is 1. The Labute approximate surface area is 609 Å². The Bertz CT molecular complexity index is 3440. The van der Waals surface area contributed by atoms with Crippen LogP contribution in [0.4, 0.5) is 31.4 Å². The molecule has 6 fully saturated rings. The van der Waals surface area contributed by atoms with Crippen LogP contribution in [0, 0.1) is 20.8 Å². The van der Waals surface area contributed by atoms with Crippen LogP contribution in [0.3, 0.4) is 0 Å². The number of rotatable bonds is 13. The fraction of sp³-hybridized carbons (Fsp3) is 0.479. The number of carbonyl (C=O) groups is 7. The normalized spacial score (nSPS) is 23.7. The minimum absolute atomic E-state index is 0. The van der Waals surface area contributed by atoms with Crippen molar-refractivity contribution in [3.63, 3.8) is 0 Å². The van der Waals surface area contributed by atoms with Crippen molar-refractivity contribution < 1.29 is 115 Å². The van der Waals surface area contributed by atoms with E-state index in [-0.39, 0.29) is 126 Å². The molecule has 0 saturated carbocycles. The first-order chi connectivity index (χ1) is 44.9. The van der Waals surface area contributed by atoms with Gasteiger partial charge < -0.3 is 40.9 Å². The smallest absolute Gasteiger partial charge is 1.00 e. The van der Waals surface area contributed by atoms with Gasteiger partial charge in [0.1, 0.15) is 35.6 Å². The SMILES string of the molecule is C.COc1ccc(C)cc1NC(=O)OC1CC2CCCC(C1)N2.COc1ccc(C)cc1NC(=O)OC1CC2CCCC(C1)N2CN.COc1ccc(C)cc1NC(=O)OC1CC2CCCC(C1)N2CN1C(=O)c2ccccc2C1=O.O=C1c2ccccc2C(=O)N1CBr.[H-].[K+]. The van der Waals surface area contributed by atoms with E-state index < -0.39 is 18.3 Å². The number of nitrogens with one attached hydrogen (secondary N) is 4. The van der Waals surface area contributed by atoms with Gasteiger partial charge in [-0.3, -0.25) is 54.7 Å². The number of hydrogen-bond donors (Lipinski definition) is 5. The quantitative estimate of drug-likeness (QED) is 0.0241. The molecule has 0 spiro atoms. The summed E-state index contributed by atoms with van der Waals surface area (Å²) in [7, 11) is 4.74. The first-order valence-corrected chi connectivity index (χ1v) is 33.4. The zero-order valence-electron chi connectivity index (χ0n) is 55.8. The number of nitrogens with zero attached hydrogens (tertiary/aromatic N) is 4. The first-order valence-electron chi connectivity index (χ1n) is 32.2. The molecule has 0 radical (unpaired) electrons. The third-order valence-corrected chi connectivity index (χ3v) is 19.3. The number of aryl methyl sites for hydroxylation is 3. The molecule has 8 heterocycles. The molecule has 5 aromatic rings. The van der Waals surface area contributed by atoms with Crippen molar-refractivity contribution >= 4 is 74.9 Å². The third-order valence-electron chi connectivity index (χ3n) is 18.8. The number of methoxy groups -OCH3 is 3. The minimum atomic E-state index is -0.499. The number of hydrogen-bond acceptors (Lipinski definition) is 17. The Morgan fingerprint density at radius 1 is 0.495 bits per heavy atom. The number of anilines is 3. The van der Waals surface area contributed by atoms with Crippen LogP contribution in [0.15, 0.2) is 103 Å². The number of ether oxygens (including phenoxy) is 6. The van der Waals surface area contributed by atoms with Crippen molar-refractivity contribution in [3.8, 4) is 17.2 Å². The van der Waals surface area contributed by atoms with Gasteiger partial charge in [0.25, 0.3) is 23.6 Å². The maximum Gasteiger partial charge on any atom is 1.00 e. The van der Waals surface area contributed by atoms with E-state index in [9.17, 15) is 33.6 Å². The van der Waals surface area contributed by atoms with Gasteiger partial charge in [-0.1, -0.05) is 85.1 Å². The Kier molecular flexibility index (Phi) is 27.1. The third kappa shape index (κ3) is 18.4. The van der Waals surface area contributed by atoms with E-state index in [1.807, 2.05) is 75.4 Å². The van der Waals surface area contributed by atoms with E-state index in [0.29, 0.717) is 100 Å². The molecule has 5 aromatic carbocycles. The zero-order valence-corrected chi connectivity index (χ0v) is 59.5. The summed E-state index contributed by atoms with van der Waals surface area (Å²) >= 11 is 3.10. The summed E-state index contributed by atoms with van der Waals surface area (Å²) < 4.78 is 33.0. The molecule has 0 aromatic heterocycles. The van der Waals surface area contributed by atoms with Gasteiger partial charge in [0.2, 0.25) is 0 Å². The summed E-state index contributed by atoms with van der Waals surface area (Å²) in [5, 5.41) is 12.0. The molecule has 8 aliphatic rings. The Morgan fingerprint density at radius 3 is 1.14 bits per heavy atom. The van der Waals surface area contributed by atoms with Crippen molar-refractivity contribution in [2.75, 3.05) is 56.1 Å². The van der Waals surface area contributed by atoms with Gasteiger partial charge in [-0.2, -0.15) is 0 Å². The van der Waals surface area contributed by atoms with Crippen LogP contribution in [0.25, 0.3) is 0 Å². The molecule has 6 atom stereocenters. The van der Waals surface area contributed by atoms with Crippen LogP contribution in [-0.4, -0.2) is 156 Å². The summed E-state index contributed by atoms with van der Waals surface area (Å²) in [5.74, 6) is 0.939. The maximum atomic E-state index is 12.9. The van der Waals surface area contributed by atoms with Crippen molar-refractivity contribution in [2.45, 2.75) is 179 Å². The number of piperidine rings is 6. The van der Waals surface area contributed by atoms with Gasteiger partial charge in [-0.15, -0.1) is 0 Å². The van der Waals surface area contributed by atoms with Crippen molar-refractivity contribution in [2.24, 2.45) is 5.73 Å². The predicted octanol–water partition coefficient (Wildman–Crippen LogP) is 9.66. The van der Waals surface area contributed by atoms with Crippen LogP contribution in [0.2, 0.25) is 0 Å². The van der Waals surface area contributed by atoms with Gasteiger partial charge in [0, 0.05) is 68.6 Å². The van der Waals surface area contributed by atoms with E-state index in [1.165, 1.54) is 35.5 Å². The Hall–Kier alpha value is -6.45. The van der Waals surface area contributed by atoms with Gasteiger partial charge in [0.05, 0.1) is 72.8 Å². The number of alkyl halides is 1. The fourth-order valence-electron chi connectivity index (χ4n) is 14.4. The summed E-state index contributed by atoms with van der Waals surface area (Å²) in [5.41, 5.74) is 13.1. The average molecular weight is 1400 g/mol. The zero-order chi connectivity index (χ0) is 65.9. The second-order valence-electron chi connectivity index (χ2n) is 25.1. The van der Waals surface area contributed by atoms with Crippen LogP contribution >= 0.6 is 15.9 Å². The minimum Gasteiger partial charge on any atom is -1.00 e. The number of benzene rings is 5. The van der Waals surface area contributed by atoms with E-state index in [2.05, 4.69) is 47.0 Å². The van der Waals surface area contributed by atoms with E-state index in [0.717, 1.165) is 74.5 Å². The van der Waals surface area contributed by atoms with Crippen LogP contribution in [-0.2, 0) is 14.2 Å². The van der Waals surface area contributed by atoms with Gasteiger partial charge in [-0.25, -0.2) is 14.4 Å². The molecule has 6 unspecified atom stereocenters. The molecule has 13 rings (SSSR count). The second-order valence-corrected chi connectivity index (χ2v) is 25.6. The summed E-state index contributed by atoms with van der Waals surface area (Å²) in [6.45, 7) is 6.76. The Morgan fingerprint density at radius 2 is 0.811 bits per heavy atom. The van der Waals surface area contributed by atoms with Gasteiger partial charge in [0.15, 0.2) is 0 Å². The topological polar surface area (TPSA) is 262 Å². The molecule has 6 N–H and O–H groups in total. The molecule has 6 bridgehead atoms. The molecule has 506 valence electrons. The number of fused-ring (bicyclic) bond motifs is 8. The van der Waals surface area contributed by atoms with Crippen molar-refractivity contribution in [1.82, 2.24) is 24.9 Å². The molecule has 8 aliphatic heterocycles. The van der Waals surface area contributed by atoms with Crippen LogP contribution in [0.5, 0.6) is 17.2 Å². The molecular weight excluding hydrogens is 1310 g/mol. The molecule has 22 nitrogen and oxygen atoms in total. The number of imide groups is 2. The molecular formula is C71H91BrKN9O13. The Balaban J connectivity index is 0.000000187. The van der Waals surface area contributed by atoms with Crippen LogP contribution < -0.4 is 92.6 Å². The van der Waals surface area contributed by atoms with E-state index >= 15 is 0 Å². The maximum absolute atomic E-state index is 12.9. The largest absolute Gasteiger partial charge is 1.00 e. The molecule has 6 saturated heterocycles. The summed E-state index contributed by atoms with van der Waals surface area (Å²) in [4.78, 5) is 93.0. The van der Waals surface area contributed by atoms with Crippen LogP contribution in [0.1, 0.15) is 163 Å². The van der Waals surface area contributed by atoms with E-state index in [4.69, 9.17) is 34.2 Å². The number of carbonyl (C=O) groups excluding carboxylic acids is 7. The van der Waals surface area contributed by atoms with E-state index in [1.54, 1.807) is 69.9 Å². The van der Waals surface area contributed by atoms with Crippen molar-refractivity contribution in [1.29, 1.82) is 0 Å². The summed E-state index contributed by atoms with van der Waals surface area (Å²) in [6.07, 6.45) is 13.5. The second kappa shape index (κ2) is 34.7. The van der Waals surface area contributed by atoms with Gasteiger partial charge >= 0.3 is 69.7 Å². The van der Waals surface area contributed by atoms with Crippen molar-refractivity contribution in [3.05, 3.63) is 142 Å². The molecule has 95 heavy (non-hydrogen) atoms. The fourth-order valence-corrected chi connectivity index (χ4v) is 14.9. The molecule has 0 aliphatic carbocycles. The number of amides is 7. The average Bonchev–Trinajstić information content (AvgIpc) is 1.59. The monoisotopic (exact) mass is 1400 g/mol. The number of halogens is 1. The van der Waals surface area contributed by atoms with Gasteiger partial charge in [-0.05, 0) is 149 Å². The molecule has 24 heteroatoms. The summed E-state index contributed by atoms with van der Waals surface area (Å²) in [6, 6.07) is 32.9. The molecule has 7 amide bonds. The standard InChI is InChI=1S/C26H29N3O5.C18H27N3O3.C17H24N2O3.C9H6BrNO2.CH4.K.H/c1-16-10-11-23(33-2)22(12-16)27-26(32)34-19-13-17-6-5-7-18(14-19)28(17)15-29-24(30)20-8-3-4-9-21(20)25(29)31;1-12-6-7-17(23-2)16(8-12)20-18(22)24-15-9-13-4-3-5-14(10-15)21(13)11-19;1-11-6-7-16(21-2)15(8-11)19-17(20)22-14-9-12-4-3-5-13(10-14)18-12;10-5-11-8(12)6-3-1-2-4-7(6)9(11)13;;;/h3-4,8-12,17-19H,5-7,13-15H2,1-2H3,(H,27,32);6-8,13-15H,3-5,9-11,19H2,1-2H3,(H,20,22);6-8,12-14,18H,3-5,9-10H2,1-2H3,(H,19,20);1-4H,5H2;1H4;;/q;;;;;+1;-1. The first kappa shape index (κ1) is 74.3.